The van der Waals surface area contributed by atoms with E-state index in [0.717, 1.165) is 23.2 Å². The Morgan fingerprint density at radius 3 is 2.53 bits per heavy atom. The van der Waals surface area contributed by atoms with Crippen LogP contribution >= 0.6 is 0 Å². The van der Waals surface area contributed by atoms with E-state index in [0.29, 0.717) is 17.2 Å². The zero-order valence-corrected chi connectivity index (χ0v) is 19.6. The summed E-state index contributed by atoms with van der Waals surface area (Å²) < 4.78 is 53.0. The van der Waals surface area contributed by atoms with Gasteiger partial charge in [0.15, 0.2) is 11.5 Å². The number of halogens is 1. The summed E-state index contributed by atoms with van der Waals surface area (Å²) in [6, 6.07) is 16.2. The second-order valence-corrected chi connectivity index (χ2v) is 10.1. The minimum Gasteiger partial charge on any atom is -0.493 e. The van der Waals surface area contributed by atoms with E-state index in [2.05, 4.69) is 22.2 Å². The van der Waals surface area contributed by atoms with Crippen molar-refractivity contribution in [2.24, 2.45) is 5.92 Å². The molecule has 6 nitrogen and oxygen atoms in total. The van der Waals surface area contributed by atoms with E-state index in [1.165, 1.54) is 24.3 Å². The molecule has 0 fully saturated rings. The predicted octanol–water partition coefficient (Wildman–Crippen LogP) is 5.47. The van der Waals surface area contributed by atoms with Crippen LogP contribution in [-0.2, 0) is 10.0 Å². The van der Waals surface area contributed by atoms with Crippen LogP contribution < -0.4 is 19.5 Å². The summed E-state index contributed by atoms with van der Waals surface area (Å²) in [7, 11) is -0.584. The van der Waals surface area contributed by atoms with Gasteiger partial charge in [0, 0.05) is 22.9 Å². The first-order chi connectivity index (χ1) is 16.4. The molecule has 0 saturated carbocycles. The number of methoxy groups -OCH3 is 2. The molecule has 176 valence electrons. The Balaban J connectivity index is 1.50. The molecule has 3 aromatic rings. The van der Waals surface area contributed by atoms with Crippen LogP contribution in [0.4, 0.5) is 15.8 Å². The van der Waals surface area contributed by atoms with Crippen LogP contribution in [0, 0.1) is 11.7 Å². The van der Waals surface area contributed by atoms with Gasteiger partial charge >= 0.3 is 0 Å². The van der Waals surface area contributed by atoms with Gasteiger partial charge in [0.1, 0.15) is 5.82 Å². The highest BCUT2D eigenvalue weighted by molar-refractivity contribution is 7.92. The van der Waals surface area contributed by atoms with Crippen molar-refractivity contribution in [3.63, 3.8) is 0 Å². The third-order valence-corrected chi connectivity index (χ3v) is 7.89. The van der Waals surface area contributed by atoms with E-state index in [-0.39, 0.29) is 22.8 Å². The Morgan fingerprint density at radius 1 is 1.00 bits per heavy atom. The second-order valence-electron chi connectivity index (χ2n) is 8.42. The smallest absolute Gasteiger partial charge is 0.261 e. The number of anilines is 2. The number of fused-ring (bicyclic) bond motifs is 3. The summed E-state index contributed by atoms with van der Waals surface area (Å²) in [4.78, 5) is 0.161. The van der Waals surface area contributed by atoms with E-state index in [9.17, 15) is 12.8 Å². The van der Waals surface area contributed by atoms with Gasteiger partial charge in [-0.25, -0.2) is 12.8 Å². The minimum absolute atomic E-state index is 0.0302. The number of hydrogen-bond donors (Lipinski definition) is 2. The number of benzene rings is 3. The zero-order chi connectivity index (χ0) is 23.9. The molecule has 1 aliphatic heterocycles. The number of hydrogen-bond acceptors (Lipinski definition) is 5. The summed E-state index contributed by atoms with van der Waals surface area (Å²) in [6.45, 7) is 0. The van der Waals surface area contributed by atoms with E-state index in [1.807, 2.05) is 18.2 Å². The fourth-order valence-corrected chi connectivity index (χ4v) is 6.03. The number of para-hydroxylation sites is 1. The molecule has 0 amide bonds. The van der Waals surface area contributed by atoms with Gasteiger partial charge in [0.25, 0.3) is 10.0 Å². The topological polar surface area (TPSA) is 76.7 Å². The zero-order valence-electron chi connectivity index (χ0n) is 18.8. The van der Waals surface area contributed by atoms with Crippen LogP contribution in [0.25, 0.3) is 0 Å². The van der Waals surface area contributed by atoms with E-state index >= 15 is 0 Å². The molecule has 0 radical (unpaired) electrons. The third kappa shape index (κ3) is 3.88. The maximum atomic E-state index is 13.2. The van der Waals surface area contributed by atoms with Gasteiger partial charge in [0.2, 0.25) is 0 Å². The fraction of sp³-hybridized carbons (Fsp3) is 0.231. The largest absolute Gasteiger partial charge is 0.493 e. The maximum Gasteiger partial charge on any atom is 0.261 e. The molecular formula is C26H25FN2O4S. The lowest BCUT2D eigenvalue weighted by molar-refractivity contribution is 0.341. The number of allylic oxidation sites excluding steroid dienone is 2. The Labute approximate surface area is 198 Å². The van der Waals surface area contributed by atoms with Crippen LogP contribution in [0.15, 0.2) is 77.7 Å². The van der Waals surface area contributed by atoms with Gasteiger partial charge in [-0.15, -0.1) is 0 Å². The molecule has 0 bridgehead atoms. The SMILES string of the molecule is COc1cccc([C@H]2Nc3ccc(S(=O)(=O)Nc4ccc(F)cc4)cc3C3C=CCC32)c1OC. The number of nitrogens with one attached hydrogen (secondary N) is 2. The van der Waals surface area contributed by atoms with Gasteiger partial charge in [-0.05, 0) is 66.4 Å². The summed E-state index contributed by atoms with van der Waals surface area (Å²) >= 11 is 0. The van der Waals surface area contributed by atoms with Crippen molar-refractivity contribution in [1.82, 2.24) is 0 Å². The monoisotopic (exact) mass is 480 g/mol. The number of rotatable bonds is 6. The van der Waals surface area contributed by atoms with Crippen molar-refractivity contribution in [3.8, 4) is 11.5 Å². The Morgan fingerprint density at radius 2 is 1.79 bits per heavy atom. The molecule has 1 aliphatic carbocycles. The van der Waals surface area contributed by atoms with Crippen molar-refractivity contribution in [2.45, 2.75) is 23.3 Å². The first-order valence-electron chi connectivity index (χ1n) is 11.0. The highest BCUT2D eigenvalue weighted by Crippen LogP contribution is 2.52. The summed E-state index contributed by atoms with van der Waals surface area (Å²) in [5.74, 6) is 1.18. The van der Waals surface area contributed by atoms with Gasteiger partial charge in [0.05, 0.1) is 25.2 Å². The molecule has 3 atom stereocenters. The van der Waals surface area contributed by atoms with Crippen molar-refractivity contribution < 1.29 is 22.3 Å². The summed E-state index contributed by atoms with van der Waals surface area (Å²) in [5.41, 5.74) is 3.11. The molecule has 1 heterocycles. The predicted molar refractivity (Wildman–Crippen MR) is 130 cm³/mol. The Bertz CT molecular complexity index is 1360. The molecule has 34 heavy (non-hydrogen) atoms. The Kier molecular flexibility index (Phi) is 5.69. The molecule has 0 saturated heterocycles. The van der Waals surface area contributed by atoms with Crippen molar-refractivity contribution in [3.05, 3.63) is 89.8 Å². The highest BCUT2D eigenvalue weighted by Gasteiger charge is 2.40. The van der Waals surface area contributed by atoms with E-state index in [4.69, 9.17) is 9.47 Å². The summed E-state index contributed by atoms with van der Waals surface area (Å²) in [6.07, 6.45) is 5.14. The van der Waals surface area contributed by atoms with Crippen LogP contribution in [0.5, 0.6) is 11.5 Å². The molecule has 5 rings (SSSR count). The molecule has 0 spiro atoms. The van der Waals surface area contributed by atoms with E-state index < -0.39 is 15.8 Å². The maximum absolute atomic E-state index is 13.2. The minimum atomic E-state index is -3.83. The lowest BCUT2D eigenvalue weighted by atomic mass is 9.77. The van der Waals surface area contributed by atoms with Gasteiger partial charge in [-0.2, -0.15) is 0 Å². The van der Waals surface area contributed by atoms with Crippen molar-refractivity contribution in [1.29, 1.82) is 0 Å². The lowest BCUT2D eigenvalue weighted by Gasteiger charge is -2.38. The van der Waals surface area contributed by atoms with Gasteiger partial charge in [-0.3, -0.25) is 4.72 Å². The third-order valence-electron chi connectivity index (χ3n) is 6.51. The van der Waals surface area contributed by atoms with Crippen molar-refractivity contribution in [2.75, 3.05) is 24.3 Å². The number of sulfonamides is 1. The fourth-order valence-electron chi connectivity index (χ4n) is 4.94. The lowest BCUT2D eigenvalue weighted by Crippen LogP contribution is -2.29. The quantitative estimate of drug-likeness (QED) is 0.458. The van der Waals surface area contributed by atoms with Crippen LogP contribution in [0.1, 0.15) is 29.5 Å². The number of ether oxygens (including phenoxy) is 2. The van der Waals surface area contributed by atoms with Crippen molar-refractivity contribution >= 4 is 21.4 Å². The standard InChI is InChI=1S/C26H25FN2O4S/c1-32-24-8-4-7-21(26(24)33-2)25-20-6-3-5-19(20)22-15-18(13-14-23(22)28-25)34(30,31)29-17-11-9-16(27)10-12-17/h3-5,7-15,19-20,25,28-29H,6H2,1-2H3/t19?,20?,25-/m0/s1. The van der Waals surface area contributed by atoms with Crippen LogP contribution in [0.2, 0.25) is 0 Å². The summed E-state index contributed by atoms with van der Waals surface area (Å²) in [5, 5.41) is 3.61. The van der Waals surface area contributed by atoms with Gasteiger partial charge in [-0.1, -0.05) is 24.3 Å². The molecule has 3 aromatic carbocycles. The Hall–Kier alpha value is -3.52. The van der Waals surface area contributed by atoms with Crippen LogP contribution in [0.3, 0.4) is 0 Å². The van der Waals surface area contributed by atoms with Crippen LogP contribution in [-0.4, -0.2) is 22.6 Å². The highest BCUT2D eigenvalue weighted by atomic mass is 32.2. The molecular weight excluding hydrogens is 455 g/mol. The average molecular weight is 481 g/mol. The first-order valence-corrected chi connectivity index (χ1v) is 12.5. The molecule has 0 aromatic heterocycles. The normalized spacial score (nSPS) is 20.7. The molecule has 2 aliphatic rings. The van der Waals surface area contributed by atoms with E-state index in [1.54, 1.807) is 32.4 Å². The molecule has 8 heteroatoms. The first kappa shape index (κ1) is 22.3. The molecule has 2 N–H and O–H groups in total. The second kappa shape index (κ2) is 8.68. The van der Waals surface area contributed by atoms with Gasteiger partial charge < -0.3 is 14.8 Å². The molecule has 2 unspecified atom stereocenters. The average Bonchev–Trinajstić information content (AvgIpc) is 3.34.